The van der Waals surface area contributed by atoms with Crippen molar-refractivity contribution in [2.45, 2.75) is 20.4 Å². The Kier molecular flexibility index (Phi) is 2.75. The van der Waals surface area contributed by atoms with Gasteiger partial charge < -0.3 is 4.98 Å². The van der Waals surface area contributed by atoms with Crippen LogP contribution in [0.15, 0.2) is 47.3 Å². The van der Waals surface area contributed by atoms with Crippen LogP contribution in [-0.4, -0.2) is 9.55 Å². The Hall–Kier alpha value is -2.29. The van der Waals surface area contributed by atoms with Gasteiger partial charge in [-0.05, 0) is 42.7 Å². The SMILES string of the molecule is Cc1ccc2c(c1)[nH]c(=O)n2Cc1ccccc1C. The van der Waals surface area contributed by atoms with Gasteiger partial charge in [0.1, 0.15) is 0 Å². The number of aromatic amines is 1. The van der Waals surface area contributed by atoms with Gasteiger partial charge in [0.05, 0.1) is 17.6 Å². The lowest BCUT2D eigenvalue weighted by atomic mass is 10.1. The average molecular weight is 252 g/mol. The molecule has 3 rings (SSSR count). The lowest BCUT2D eigenvalue weighted by molar-refractivity contribution is 0.782. The van der Waals surface area contributed by atoms with Gasteiger partial charge in [0.25, 0.3) is 0 Å². The molecule has 1 N–H and O–H groups in total. The molecule has 1 aromatic heterocycles. The summed E-state index contributed by atoms with van der Waals surface area (Å²) in [6, 6.07) is 14.2. The van der Waals surface area contributed by atoms with E-state index in [-0.39, 0.29) is 5.69 Å². The fraction of sp³-hybridized carbons (Fsp3) is 0.188. The molecule has 0 atom stereocenters. The van der Waals surface area contributed by atoms with Crippen LogP contribution in [0.2, 0.25) is 0 Å². The van der Waals surface area contributed by atoms with E-state index >= 15 is 0 Å². The number of aryl methyl sites for hydroxylation is 2. The first kappa shape index (κ1) is 11.8. The lowest BCUT2D eigenvalue weighted by Crippen LogP contribution is -2.17. The van der Waals surface area contributed by atoms with Crippen LogP contribution in [0.1, 0.15) is 16.7 Å². The monoisotopic (exact) mass is 252 g/mol. The third-order valence-electron chi connectivity index (χ3n) is 3.52. The average Bonchev–Trinajstić information content (AvgIpc) is 2.68. The van der Waals surface area contributed by atoms with E-state index in [1.807, 2.05) is 37.3 Å². The Morgan fingerprint density at radius 1 is 1.11 bits per heavy atom. The highest BCUT2D eigenvalue weighted by Crippen LogP contribution is 2.15. The second-order valence-electron chi connectivity index (χ2n) is 4.96. The number of imidazole rings is 1. The van der Waals surface area contributed by atoms with Crippen LogP contribution in [0.25, 0.3) is 11.0 Å². The zero-order valence-electron chi connectivity index (χ0n) is 11.1. The lowest BCUT2D eigenvalue weighted by Gasteiger charge is -2.07. The van der Waals surface area contributed by atoms with Crippen LogP contribution in [0.5, 0.6) is 0 Å². The summed E-state index contributed by atoms with van der Waals surface area (Å²) in [7, 11) is 0. The molecule has 0 radical (unpaired) electrons. The molecule has 3 nitrogen and oxygen atoms in total. The van der Waals surface area contributed by atoms with Crippen LogP contribution in [0, 0.1) is 13.8 Å². The largest absolute Gasteiger partial charge is 0.326 e. The summed E-state index contributed by atoms with van der Waals surface area (Å²) >= 11 is 0. The Labute approximate surface area is 111 Å². The molecule has 3 heteroatoms. The van der Waals surface area contributed by atoms with Gasteiger partial charge in [-0.1, -0.05) is 30.3 Å². The minimum atomic E-state index is -0.0520. The van der Waals surface area contributed by atoms with Crippen molar-refractivity contribution in [2.75, 3.05) is 0 Å². The van der Waals surface area contributed by atoms with Crippen LogP contribution in [0.3, 0.4) is 0 Å². The minimum absolute atomic E-state index is 0.0520. The molecule has 2 aromatic carbocycles. The summed E-state index contributed by atoms with van der Waals surface area (Å²) in [4.78, 5) is 15.0. The van der Waals surface area contributed by atoms with E-state index in [1.165, 1.54) is 11.1 Å². The number of aromatic nitrogens is 2. The van der Waals surface area contributed by atoms with Crippen molar-refractivity contribution in [1.82, 2.24) is 9.55 Å². The number of benzene rings is 2. The molecule has 0 saturated carbocycles. The second-order valence-corrected chi connectivity index (χ2v) is 4.96. The van der Waals surface area contributed by atoms with Gasteiger partial charge in [-0.3, -0.25) is 4.57 Å². The van der Waals surface area contributed by atoms with Crippen LogP contribution in [0.4, 0.5) is 0 Å². The Morgan fingerprint density at radius 3 is 2.68 bits per heavy atom. The molecule has 0 amide bonds. The highest BCUT2D eigenvalue weighted by molar-refractivity contribution is 5.76. The molecule has 19 heavy (non-hydrogen) atoms. The van der Waals surface area contributed by atoms with Crippen molar-refractivity contribution in [1.29, 1.82) is 0 Å². The third kappa shape index (κ3) is 2.08. The molecule has 96 valence electrons. The molecule has 1 heterocycles. The number of hydrogen-bond acceptors (Lipinski definition) is 1. The second kappa shape index (κ2) is 4.43. The highest BCUT2D eigenvalue weighted by Gasteiger charge is 2.08. The molecular formula is C16H16N2O. The molecular weight excluding hydrogens is 236 g/mol. The van der Waals surface area contributed by atoms with E-state index in [0.717, 1.165) is 16.6 Å². The first-order valence-electron chi connectivity index (χ1n) is 6.39. The molecule has 3 aromatic rings. The number of hydrogen-bond donors (Lipinski definition) is 1. The van der Waals surface area contributed by atoms with Crippen molar-refractivity contribution in [2.24, 2.45) is 0 Å². The molecule has 0 aliphatic rings. The van der Waals surface area contributed by atoms with E-state index in [9.17, 15) is 4.79 Å². The van der Waals surface area contributed by atoms with E-state index in [0.29, 0.717) is 6.54 Å². The van der Waals surface area contributed by atoms with E-state index in [2.05, 4.69) is 24.0 Å². The Balaban J connectivity index is 2.13. The van der Waals surface area contributed by atoms with E-state index < -0.39 is 0 Å². The molecule has 0 spiro atoms. The van der Waals surface area contributed by atoms with Crippen LogP contribution < -0.4 is 5.69 Å². The topological polar surface area (TPSA) is 37.8 Å². The quantitative estimate of drug-likeness (QED) is 0.748. The van der Waals surface area contributed by atoms with Gasteiger partial charge in [0.2, 0.25) is 0 Å². The number of fused-ring (bicyclic) bond motifs is 1. The smallest absolute Gasteiger partial charge is 0.306 e. The molecule has 0 bridgehead atoms. The highest BCUT2D eigenvalue weighted by atomic mass is 16.1. The predicted molar refractivity (Wildman–Crippen MR) is 77.6 cm³/mol. The maximum atomic E-state index is 12.1. The predicted octanol–water partition coefficient (Wildman–Crippen LogP) is 2.99. The minimum Gasteiger partial charge on any atom is -0.306 e. The van der Waals surface area contributed by atoms with Crippen LogP contribution in [-0.2, 0) is 6.54 Å². The van der Waals surface area contributed by atoms with Gasteiger partial charge in [0, 0.05) is 0 Å². The van der Waals surface area contributed by atoms with Gasteiger partial charge in [-0.15, -0.1) is 0 Å². The third-order valence-corrected chi connectivity index (χ3v) is 3.52. The first-order chi connectivity index (χ1) is 9.15. The van der Waals surface area contributed by atoms with Crippen molar-refractivity contribution in [3.8, 4) is 0 Å². The molecule has 0 aliphatic heterocycles. The summed E-state index contributed by atoms with van der Waals surface area (Å²) in [6.45, 7) is 4.70. The van der Waals surface area contributed by atoms with Gasteiger partial charge in [0.15, 0.2) is 0 Å². The molecule has 0 aliphatic carbocycles. The van der Waals surface area contributed by atoms with Crippen molar-refractivity contribution in [3.05, 3.63) is 69.6 Å². The zero-order chi connectivity index (χ0) is 13.4. The summed E-state index contributed by atoms with van der Waals surface area (Å²) in [5.74, 6) is 0. The maximum Gasteiger partial charge on any atom is 0.326 e. The zero-order valence-corrected chi connectivity index (χ0v) is 11.1. The standard InChI is InChI=1S/C16H16N2O/c1-11-7-8-15-14(9-11)17-16(19)18(15)10-13-6-4-3-5-12(13)2/h3-9H,10H2,1-2H3,(H,17,19). The summed E-state index contributed by atoms with van der Waals surface area (Å²) in [6.07, 6.45) is 0. The number of rotatable bonds is 2. The summed E-state index contributed by atoms with van der Waals surface area (Å²) in [5.41, 5.74) is 5.33. The van der Waals surface area contributed by atoms with E-state index in [1.54, 1.807) is 4.57 Å². The molecule has 0 saturated heterocycles. The van der Waals surface area contributed by atoms with Crippen molar-refractivity contribution >= 4 is 11.0 Å². The Morgan fingerprint density at radius 2 is 1.89 bits per heavy atom. The summed E-state index contributed by atoms with van der Waals surface area (Å²) in [5, 5.41) is 0. The number of nitrogens with one attached hydrogen (secondary N) is 1. The fourth-order valence-corrected chi connectivity index (χ4v) is 2.39. The first-order valence-corrected chi connectivity index (χ1v) is 6.39. The molecule has 0 unspecified atom stereocenters. The summed E-state index contributed by atoms with van der Waals surface area (Å²) < 4.78 is 1.79. The van der Waals surface area contributed by atoms with Gasteiger partial charge in [-0.2, -0.15) is 0 Å². The normalized spacial score (nSPS) is 11.1. The number of nitrogens with zero attached hydrogens (tertiary/aromatic N) is 1. The van der Waals surface area contributed by atoms with Crippen molar-refractivity contribution < 1.29 is 0 Å². The van der Waals surface area contributed by atoms with E-state index in [4.69, 9.17) is 0 Å². The van der Waals surface area contributed by atoms with Gasteiger partial charge >= 0.3 is 5.69 Å². The molecule has 0 fully saturated rings. The Bertz CT molecular complexity index is 796. The maximum absolute atomic E-state index is 12.1. The van der Waals surface area contributed by atoms with Crippen molar-refractivity contribution in [3.63, 3.8) is 0 Å². The fourth-order valence-electron chi connectivity index (χ4n) is 2.39. The van der Waals surface area contributed by atoms with Gasteiger partial charge in [-0.25, -0.2) is 4.79 Å². The van der Waals surface area contributed by atoms with Crippen LogP contribution >= 0.6 is 0 Å². The number of H-pyrrole nitrogens is 1.